The van der Waals surface area contributed by atoms with Gasteiger partial charge in [-0.25, -0.2) is 4.79 Å². The van der Waals surface area contributed by atoms with E-state index < -0.39 is 5.97 Å². The van der Waals surface area contributed by atoms with E-state index in [9.17, 15) is 4.79 Å². The van der Waals surface area contributed by atoms with Gasteiger partial charge in [-0.05, 0) is 6.42 Å². The molecule has 0 aliphatic heterocycles. The largest absolute Gasteiger partial charge is 0.458 e. The average Bonchev–Trinajstić information content (AvgIpc) is 2.03. The fourth-order valence-electron chi connectivity index (χ4n) is 0.759. The molecule has 0 saturated heterocycles. The fraction of sp³-hybridized carbons (Fsp3) is 0.625. The summed E-state index contributed by atoms with van der Waals surface area (Å²) in [5.74, 6) is -0.395. The SMILES string of the molecule is C=CC(=O)OC(CN)CCC. The zero-order valence-corrected chi connectivity index (χ0v) is 6.88. The molecular weight excluding hydrogens is 142 g/mol. The van der Waals surface area contributed by atoms with Crippen molar-refractivity contribution in [2.45, 2.75) is 25.9 Å². The van der Waals surface area contributed by atoms with Gasteiger partial charge in [0.25, 0.3) is 0 Å². The highest BCUT2D eigenvalue weighted by molar-refractivity contribution is 5.81. The van der Waals surface area contributed by atoms with Crippen molar-refractivity contribution in [3.63, 3.8) is 0 Å². The number of carbonyl (C=O) groups is 1. The lowest BCUT2D eigenvalue weighted by atomic mass is 10.2. The monoisotopic (exact) mass is 157 g/mol. The normalized spacial score (nSPS) is 12.2. The lowest BCUT2D eigenvalue weighted by Crippen LogP contribution is -2.25. The lowest BCUT2D eigenvalue weighted by molar-refractivity contribution is -0.142. The van der Waals surface area contributed by atoms with Gasteiger partial charge in [-0.1, -0.05) is 19.9 Å². The molecule has 0 saturated carbocycles. The van der Waals surface area contributed by atoms with E-state index in [1.165, 1.54) is 0 Å². The number of esters is 1. The zero-order valence-electron chi connectivity index (χ0n) is 6.88. The Morgan fingerprint density at radius 1 is 1.82 bits per heavy atom. The standard InChI is InChI=1S/C8H15NO2/c1-3-5-7(6-9)11-8(10)4-2/h4,7H,2-3,5-6,9H2,1H3. The van der Waals surface area contributed by atoms with Crippen molar-refractivity contribution >= 4 is 5.97 Å². The molecule has 0 aromatic heterocycles. The summed E-state index contributed by atoms with van der Waals surface area (Å²) in [6.45, 7) is 5.69. The predicted molar refractivity (Wildman–Crippen MR) is 44.0 cm³/mol. The summed E-state index contributed by atoms with van der Waals surface area (Å²) in [7, 11) is 0. The van der Waals surface area contributed by atoms with Gasteiger partial charge < -0.3 is 10.5 Å². The van der Waals surface area contributed by atoms with Gasteiger partial charge in [-0.2, -0.15) is 0 Å². The van der Waals surface area contributed by atoms with Crippen molar-refractivity contribution in [2.24, 2.45) is 5.73 Å². The van der Waals surface area contributed by atoms with Crippen LogP contribution >= 0.6 is 0 Å². The average molecular weight is 157 g/mol. The van der Waals surface area contributed by atoms with E-state index in [4.69, 9.17) is 10.5 Å². The topological polar surface area (TPSA) is 52.3 Å². The molecule has 0 spiro atoms. The second-order valence-electron chi connectivity index (χ2n) is 2.29. The predicted octanol–water partition coefficient (Wildman–Crippen LogP) is 0.843. The first-order valence-corrected chi connectivity index (χ1v) is 3.77. The Bertz CT molecular complexity index is 134. The number of ether oxygens (including phenoxy) is 1. The summed E-state index contributed by atoms with van der Waals surface area (Å²) in [6, 6.07) is 0. The van der Waals surface area contributed by atoms with Crippen LogP contribution in [-0.2, 0) is 9.53 Å². The number of hydrogen-bond acceptors (Lipinski definition) is 3. The summed E-state index contributed by atoms with van der Waals surface area (Å²) in [4.78, 5) is 10.7. The van der Waals surface area contributed by atoms with Gasteiger partial charge in [0.05, 0.1) is 0 Å². The van der Waals surface area contributed by atoms with E-state index >= 15 is 0 Å². The van der Waals surface area contributed by atoms with Gasteiger partial charge in [0.2, 0.25) is 0 Å². The van der Waals surface area contributed by atoms with Crippen LogP contribution in [0.25, 0.3) is 0 Å². The molecule has 3 nitrogen and oxygen atoms in total. The smallest absolute Gasteiger partial charge is 0.330 e. The molecule has 64 valence electrons. The van der Waals surface area contributed by atoms with E-state index in [2.05, 4.69) is 6.58 Å². The van der Waals surface area contributed by atoms with Crippen LogP contribution in [0.4, 0.5) is 0 Å². The molecule has 2 N–H and O–H groups in total. The van der Waals surface area contributed by atoms with Gasteiger partial charge >= 0.3 is 5.97 Å². The maximum Gasteiger partial charge on any atom is 0.330 e. The summed E-state index contributed by atoms with van der Waals surface area (Å²) < 4.78 is 4.91. The van der Waals surface area contributed by atoms with Crippen LogP contribution in [0.1, 0.15) is 19.8 Å². The Balaban J connectivity index is 3.67. The molecule has 3 heteroatoms. The lowest BCUT2D eigenvalue weighted by Gasteiger charge is -2.12. The molecule has 0 bridgehead atoms. The Labute approximate surface area is 67.2 Å². The number of nitrogens with two attached hydrogens (primary N) is 1. The highest BCUT2D eigenvalue weighted by Gasteiger charge is 2.08. The van der Waals surface area contributed by atoms with Crippen LogP contribution in [0.15, 0.2) is 12.7 Å². The third kappa shape index (κ3) is 4.56. The van der Waals surface area contributed by atoms with E-state index in [1.54, 1.807) is 0 Å². The van der Waals surface area contributed by atoms with Crippen molar-refractivity contribution in [3.8, 4) is 0 Å². The van der Waals surface area contributed by atoms with E-state index in [0.29, 0.717) is 6.54 Å². The van der Waals surface area contributed by atoms with Gasteiger partial charge in [-0.15, -0.1) is 0 Å². The van der Waals surface area contributed by atoms with Crippen LogP contribution in [0.3, 0.4) is 0 Å². The molecule has 1 atom stereocenters. The molecule has 0 fully saturated rings. The van der Waals surface area contributed by atoms with Crippen LogP contribution in [0.2, 0.25) is 0 Å². The first-order chi connectivity index (χ1) is 5.24. The minimum Gasteiger partial charge on any atom is -0.458 e. The van der Waals surface area contributed by atoms with E-state index in [1.807, 2.05) is 6.92 Å². The van der Waals surface area contributed by atoms with Gasteiger partial charge in [0.15, 0.2) is 0 Å². The molecular formula is C8H15NO2. The summed E-state index contributed by atoms with van der Waals surface area (Å²) >= 11 is 0. The van der Waals surface area contributed by atoms with Crippen LogP contribution in [-0.4, -0.2) is 18.6 Å². The summed E-state index contributed by atoms with van der Waals surface area (Å²) in [5.41, 5.74) is 5.35. The fourth-order valence-corrected chi connectivity index (χ4v) is 0.759. The van der Waals surface area contributed by atoms with Gasteiger partial charge in [0.1, 0.15) is 6.10 Å². The van der Waals surface area contributed by atoms with Gasteiger partial charge in [0, 0.05) is 12.6 Å². The zero-order chi connectivity index (χ0) is 8.69. The van der Waals surface area contributed by atoms with Crippen LogP contribution in [0, 0.1) is 0 Å². The summed E-state index contributed by atoms with van der Waals surface area (Å²) in [5, 5.41) is 0. The maximum atomic E-state index is 10.7. The van der Waals surface area contributed by atoms with Crippen molar-refractivity contribution in [3.05, 3.63) is 12.7 Å². The first kappa shape index (κ1) is 10.2. The first-order valence-electron chi connectivity index (χ1n) is 3.77. The second-order valence-corrected chi connectivity index (χ2v) is 2.29. The molecule has 0 aliphatic rings. The minimum atomic E-state index is -0.395. The molecule has 1 unspecified atom stereocenters. The van der Waals surface area contributed by atoms with Crippen molar-refractivity contribution < 1.29 is 9.53 Å². The molecule has 0 aromatic rings. The van der Waals surface area contributed by atoms with Crippen molar-refractivity contribution in [1.82, 2.24) is 0 Å². The molecule has 0 rings (SSSR count). The van der Waals surface area contributed by atoms with E-state index in [-0.39, 0.29) is 6.10 Å². The Kier molecular flexibility index (Phi) is 5.47. The third-order valence-corrected chi connectivity index (χ3v) is 1.32. The number of hydrogen-bond donors (Lipinski definition) is 1. The summed E-state index contributed by atoms with van der Waals surface area (Å²) in [6.07, 6.45) is 2.78. The number of rotatable bonds is 5. The third-order valence-electron chi connectivity index (χ3n) is 1.32. The quantitative estimate of drug-likeness (QED) is 0.475. The van der Waals surface area contributed by atoms with E-state index in [0.717, 1.165) is 18.9 Å². The minimum absolute atomic E-state index is 0.148. The Morgan fingerprint density at radius 3 is 2.82 bits per heavy atom. The highest BCUT2D eigenvalue weighted by Crippen LogP contribution is 2.00. The Hall–Kier alpha value is -0.830. The van der Waals surface area contributed by atoms with Crippen LogP contribution < -0.4 is 5.73 Å². The Morgan fingerprint density at radius 2 is 2.45 bits per heavy atom. The molecule has 0 heterocycles. The van der Waals surface area contributed by atoms with Crippen molar-refractivity contribution in [2.75, 3.05) is 6.54 Å². The van der Waals surface area contributed by atoms with Crippen molar-refractivity contribution in [1.29, 1.82) is 0 Å². The molecule has 11 heavy (non-hydrogen) atoms. The molecule has 0 radical (unpaired) electrons. The van der Waals surface area contributed by atoms with Crippen LogP contribution in [0.5, 0.6) is 0 Å². The molecule has 0 amide bonds. The number of carbonyl (C=O) groups excluding carboxylic acids is 1. The molecule has 0 aromatic carbocycles. The highest BCUT2D eigenvalue weighted by atomic mass is 16.5. The molecule has 0 aliphatic carbocycles. The van der Waals surface area contributed by atoms with Gasteiger partial charge in [-0.3, -0.25) is 0 Å². The second kappa shape index (κ2) is 5.92. The maximum absolute atomic E-state index is 10.7.